The van der Waals surface area contributed by atoms with Crippen molar-refractivity contribution in [3.8, 4) is 5.69 Å². The second kappa shape index (κ2) is 6.65. The first-order valence-electron chi connectivity index (χ1n) is 8.64. The van der Waals surface area contributed by atoms with Crippen LogP contribution in [0.25, 0.3) is 5.69 Å². The molecule has 0 spiro atoms. The average molecular weight is 325 g/mol. The van der Waals surface area contributed by atoms with Gasteiger partial charge in [0.05, 0.1) is 12.0 Å². The Hall–Kier alpha value is -2.34. The molecular formula is C18H23N5O. The van der Waals surface area contributed by atoms with Gasteiger partial charge in [-0.25, -0.2) is 9.78 Å². The van der Waals surface area contributed by atoms with Crippen LogP contribution in [0.1, 0.15) is 18.4 Å². The van der Waals surface area contributed by atoms with E-state index >= 15 is 0 Å². The van der Waals surface area contributed by atoms with Crippen molar-refractivity contribution >= 4 is 6.03 Å². The van der Waals surface area contributed by atoms with Gasteiger partial charge in [0.2, 0.25) is 0 Å². The van der Waals surface area contributed by atoms with Crippen molar-refractivity contribution in [3.05, 3.63) is 48.5 Å². The van der Waals surface area contributed by atoms with Crippen LogP contribution in [0.5, 0.6) is 0 Å². The van der Waals surface area contributed by atoms with Crippen molar-refractivity contribution in [3.63, 3.8) is 0 Å². The molecule has 2 amide bonds. The van der Waals surface area contributed by atoms with Gasteiger partial charge in [-0.3, -0.25) is 4.90 Å². The van der Waals surface area contributed by atoms with E-state index in [0.717, 1.165) is 43.5 Å². The summed E-state index contributed by atoms with van der Waals surface area (Å²) in [5.41, 5.74) is 2.13. The molecule has 1 saturated heterocycles. The van der Waals surface area contributed by atoms with Crippen LogP contribution in [0.3, 0.4) is 0 Å². The zero-order valence-electron chi connectivity index (χ0n) is 13.8. The SMILES string of the molecule is O=C(NCc1ccccc1-n1ccnc1)N1CCN(C2CC2)CC1. The van der Waals surface area contributed by atoms with Crippen LogP contribution in [0.15, 0.2) is 43.0 Å². The molecule has 0 atom stereocenters. The normalized spacial score (nSPS) is 18.6. The van der Waals surface area contributed by atoms with Crippen LogP contribution in [0.4, 0.5) is 4.79 Å². The standard InChI is InChI=1S/C18H23N5O/c24-18(22-11-9-21(10-12-22)16-5-6-16)20-13-15-3-1-2-4-17(15)23-8-7-19-14-23/h1-4,7-8,14,16H,5-6,9-13H2,(H,20,24). The molecule has 2 fully saturated rings. The minimum absolute atomic E-state index is 0.0332. The Kier molecular flexibility index (Phi) is 4.21. The van der Waals surface area contributed by atoms with E-state index in [1.807, 2.05) is 39.9 Å². The fourth-order valence-electron chi connectivity index (χ4n) is 3.33. The van der Waals surface area contributed by atoms with Crippen molar-refractivity contribution in [1.29, 1.82) is 0 Å². The second-order valence-corrected chi connectivity index (χ2v) is 6.51. The highest BCUT2D eigenvalue weighted by Gasteiger charge is 2.32. The molecule has 0 unspecified atom stereocenters. The van der Waals surface area contributed by atoms with E-state index < -0.39 is 0 Å². The number of aromatic nitrogens is 2. The number of rotatable bonds is 4. The summed E-state index contributed by atoms with van der Waals surface area (Å²) in [5, 5.41) is 3.07. The van der Waals surface area contributed by atoms with Gasteiger partial charge in [0.15, 0.2) is 0 Å². The lowest BCUT2D eigenvalue weighted by molar-refractivity contribution is 0.134. The summed E-state index contributed by atoms with van der Waals surface area (Å²) in [4.78, 5) is 21.0. The van der Waals surface area contributed by atoms with Gasteiger partial charge >= 0.3 is 6.03 Å². The second-order valence-electron chi connectivity index (χ2n) is 6.51. The maximum absolute atomic E-state index is 12.4. The third-order valence-electron chi connectivity index (χ3n) is 4.87. The number of benzene rings is 1. The minimum Gasteiger partial charge on any atom is -0.334 e. The first-order valence-corrected chi connectivity index (χ1v) is 8.64. The molecule has 1 aromatic heterocycles. The number of hydrogen-bond acceptors (Lipinski definition) is 3. The lowest BCUT2D eigenvalue weighted by atomic mass is 10.1. The molecule has 1 aliphatic carbocycles. The molecule has 126 valence electrons. The molecule has 24 heavy (non-hydrogen) atoms. The van der Waals surface area contributed by atoms with Gasteiger partial charge in [0.1, 0.15) is 0 Å². The molecule has 2 aromatic rings. The van der Waals surface area contributed by atoms with E-state index in [4.69, 9.17) is 0 Å². The summed E-state index contributed by atoms with van der Waals surface area (Å²) in [6, 6.07) is 8.90. The summed E-state index contributed by atoms with van der Waals surface area (Å²) in [6.45, 7) is 4.18. The predicted octanol–water partition coefficient (Wildman–Crippen LogP) is 1.86. The van der Waals surface area contributed by atoms with E-state index in [1.54, 1.807) is 12.5 Å². The quantitative estimate of drug-likeness (QED) is 0.933. The Morgan fingerprint density at radius 3 is 2.67 bits per heavy atom. The number of carbonyl (C=O) groups excluding carboxylic acids is 1. The highest BCUT2D eigenvalue weighted by molar-refractivity contribution is 5.74. The molecular weight excluding hydrogens is 302 g/mol. The number of nitrogens with zero attached hydrogens (tertiary/aromatic N) is 4. The Morgan fingerprint density at radius 1 is 1.17 bits per heavy atom. The monoisotopic (exact) mass is 325 g/mol. The molecule has 1 aliphatic heterocycles. The van der Waals surface area contributed by atoms with Gasteiger partial charge in [-0.2, -0.15) is 0 Å². The van der Waals surface area contributed by atoms with Crippen molar-refractivity contribution in [2.24, 2.45) is 0 Å². The highest BCUT2D eigenvalue weighted by Crippen LogP contribution is 2.27. The Balaban J connectivity index is 1.34. The maximum atomic E-state index is 12.4. The lowest BCUT2D eigenvalue weighted by Crippen LogP contribution is -2.52. The van der Waals surface area contributed by atoms with Crippen LogP contribution in [0, 0.1) is 0 Å². The van der Waals surface area contributed by atoms with E-state index in [9.17, 15) is 4.79 Å². The maximum Gasteiger partial charge on any atom is 0.317 e. The molecule has 1 N–H and O–H groups in total. The predicted molar refractivity (Wildman–Crippen MR) is 92.0 cm³/mol. The number of para-hydroxylation sites is 1. The Morgan fingerprint density at radius 2 is 1.96 bits per heavy atom. The number of amides is 2. The Labute approximate surface area is 142 Å². The summed E-state index contributed by atoms with van der Waals surface area (Å²) in [7, 11) is 0. The van der Waals surface area contributed by atoms with E-state index in [0.29, 0.717) is 6.54 Å². The topological polar surface area (TPSA) is 53.4 Å². The molecule has 2 aliphatic rings. The van der Waals surface area contributed by atoms with Crippen molar-refractivity contribution in [2.45, 2.75) is 25.4 Å². The summed E-state index contributed by atoms with van der Waals surface area (Å²) in [6.07, 6.45) is 8.11. The van der Waals surface area contributed by atoms with E-state index in [-0.39, 0.29) is 6.03 Å². The van der Waals surface area contributed by atoms with Gasteiger partial charge in [-0.05, 0) is 24.5 Å². The number of nitrogens with one attached hydrogen (secondary N) is 1. The zero-order valence-corrected chi connectivity index (χ0v) is 13.8. The van der Waals surface area contributed by atoms with Gasteiger partial charge in [-0.15, -0.1) is 0 Å². The van der Waals surface area contributed by atoms with E-state index in [2.05, 4.69) is 15.2 Å². The molecule has 6 nitrogen and oxygen atoms in total. The minimum atomic E-state index is 0.0332. The van der Waals surface area contributed by atoms with Crippen LogP contribution >= 0.6 is 0 Å². The van der Waals surface area contributed by atoms with Gasteiger partial charge in [0.25, 0.3) is 0 Å². The molecule has 2 heterocycles. The van der Waals surface area contributed by atoms with Crippen molar-refractivity contribution in [2.75, 3.05) is 26.2 Å². The van der Waals surface area contributed by atoms with Crippen LogP contribution in [-0.4, -0.2) is 57.6 Å². The van der Waals surface area contributed by atoms with Gasteiger partial charge in [-0.1, -0.05) is 18.2 Å². The van der Waals surface area contributed by atoms with Crippen molar-refractivity contribution < 1.29 is 4.79 Å². The Bertz CT molecular complexity index is 687. The number of carbonyl (C=O) groups is 1. The first-order chi connectivity index (χ1) is 11.8. The van der Waals surface area contributed by atoms with Crippen LogP contribution in [0.2, 0.25) is 0 Å². The summed E-state index contributed by atoms with van der Waals surface area (Å²) < 4.78 is 1.97. The average Bonchev–Trinajstić information content (AvgIpc) is 3.34. The smallest absolute Gasteiger partial charge is 0.317 e. The summed E-state index contributed by atoms with van der Waals surface area (Å²) >= 11 is 0. The fourth-order valence-corrected chi connectivity index (χ4v) is 3.33. The van der Waals surface area contributed by atoms with Crippen LogP contribution in [-0.2, 0) is 6.54 Å². The fraction of sp³-hybridized carbons (Fsp3) is 0.444. The van der Waals surface area contributed by atoms with E-state index in [1.165, 1.54) is 12.8 Å². The molecule has 6 heteroatoms. The molecule has 0 radical (unpaired) electrons. The summed E-state index contributed by atoms with van der Waals surface area (Å²) in [5.74, 6) is 0. The highest BCUT2D eigenvalue weighted by atomic mass is 16.2. The van der Waals surface area contributed by atoms with Crippen LogP contribution < -0.4 is 5.32 Å². The number of imidazole rings is 1. The zero-order chi connectivity index (χ0) is 16.4. The first kappa shape index (κ1) is 15.2. The third kappa shape index (κ3) is 3.28. The molecule has 1 aromatic carbocycles. The largest absolute Gasteiger partial charge is 0.334 e. The van der Waals surface area contributed by atoms with Gasteiger partial charge in [0, 0.05) is 51.2 Å². The molecule has 1 saturated carbocycles. The molecule has 0 bridgehead atoms. The number of urea groups is 1. The number of hydrogen-bond donors (Lipinski definition) is 1. The van der Waals surface area contributed by atoms with Crippen molar-refractivity contribution in [1.82, 2.24) is 24.7 Å². The van der Waals surface area contributed by atoms with Gasteiger partial charge < -0.3 is 14.8 Å². The lowest BCUT2D eigenvalue weighted by Gasteiger charge is -2.34. The molecule has 4 rings (SSSR count). The third-order valence-corrected chi connectivity index (χ3v) is 4.87. The number of piperazine rings is 1.